The van der Waals surface area contributed by atoms with Crippen LogP contribution < -0.4 is 4.72 Å². The van der Waals surface area contributed by atoms with Crippen molar-refractivity contribution < 1.29 is 23.1 Å². The summed E-state index contributed by atoms with van der Waals surface area (Å²) in [6, 6.07) is 5.03. The Morgan fingerprint density at radius 2 is 1.70 bits per heavy atom. The third-order valence-corrected chi connectivity index (χ3v) is 3.89. The highest BCUT2D eigenvalue weighted by Crippen LogP contribution is 2.12. The fraction of sp³-hybridized carbons (Fsp3) is 0.231. The molecule has 0 heterocycles. The monoisotopic (exact) mass is 297 g/mol. The molecule has 0 saturated heterocycles. The van der Waals surface area contributed by atoms with Gasteiger partial charge in [-0.15, -0.1) is 0 Å². The molecular weight excluding hydrogens is 282 g/mol. The fourth-order valence-electron chi connectivity index (χ4n) is 1.42. The van der Waals surface area contributed by atoms with E-state index < -0.39 is 21.8 Å². The van der Waals surface area contributed by atoms with Crippen molar-refractivity contribution in [1.82, 2.24) is 4.72 Å². The summed E-state index contributed by atoms with van der Waals surface area (Å²) in [6.45, 7) is 3.40. The third kappa shape index (κ3) is 4.60. The molecule has 7 heteroatoms. The van der Waals surface area contributed by atoms with Gasteiger partial charge in [-0.05, 0) is 44.2 Å². The van der Waals surface area contributed by atoms with Gasteiger partial charge >= 0.3 is 5.97 Å². The van der Waals surface area contributed by atoms with Crippen LogP contribution in [0.3, 0.4) is 0 Å². The van der Waals surface area contributed by atoms with Crippen molar-refractivity contribution in [2.45, 2.75) is 24.8 Å². The first-order chi connectivity index (χ1) is 9.22. The Morgan fingerprint density at radius 3 is 2.15 bits per heavy atom. The molecule has 6 nitrogen and oxygen atoms in total. The largest absolute Gasteiger partial charge is 0.478 e. The molecular formula is C13H15NO5S. The van der Waals surface area contributed by atoms with E-state index in [1.54, 1.807) is 13.8 Å². The van der Waals surface area contributed by atoms with Crippen molar-refractivity contribution in [3.8, 4) is 0 Å². The molecule has 108 valence electrons. The van der Waals surface area contributed by atoms with Crippen LogP contribution in [0.5, 0.6) is 0 Å². The second kappa shape index (κ2) is 6.44. The smallest absolute Gasteiger partial charge is 0.328 e. The summed E-state index contributed by atoms with van der Waals surface area (Å²) < 4.78 is 26.1. The second-order valence-corrected chi connectivity index (χ2v) is 6.05. The number of carbonyl (C=O) groups is 2. The molecule has 20 heavy (non-hydrogen) atoms. The first-order valence-corrected chi connectivity index (χ1v) is 7.28. The van der Waals surface area contributed by atoms with Crippen LogP contribution in [0.25, 0.3) is 0 Å². The maximum absolute atomic E-state index is 11.9. The summed E-state index contributed by atoms with van der Waals surface area (Å²) in [5, 5.41) is 8.42. The molecule has 0 aromatic heterocycles. The summed E-state index contributed by atoms with van der Waals surface area (Å²) >= 11 is 0. The van der Waals surface area contributed by atoms with Gasteiger partial charge in [0.15, 0.2) is 5.78 Å². The number of ketones is 1. The van der Waals surface area contributed by atoms with Crippen molar-refractivity contribution in [2.24, 2.45) is 0 Å². The summed E-state index contributed by atoms with van der Waals surface area (Å²) in [7, 11) is -3.60. The average Bonchev–Trinajstić information content (AvgIpc) is 2.34. The zero-order chi connectivity index (χ0) is 15.3. The molecule has 0 fully saturated rings. The molecule has 1 rings (SSSR count). The lowest BCUT2D eigenvalue weighted by Gasteiger charge is -2.09. The van der Waals surface area contributed by atoms with Gasteiger partial charge in [0.1, 0.15) is 0 Å². The molecule has 0 atom stereocenters. The molecule has 0 aliphatic rings. The van der Waals surface area contributed by atoms with Gasteiger partial charge in [0, 0.05) is 17.7 Å². The van der Waals surface area contributed by atoms with E-state index >= 15 is 0 Å². The number of carboxylic acids is 1. The lowest BCUT2D eigenvalue weighted by molar-refractivity contribution is -0.131. The maximum atomic E-state index is 11.9. The summed E-state index contributed by atoms with van der Waals surface area (Å²) in [5.74, 6) is -1.73. The van der Waals surface area contributed by atoms with Crippen LogP contribution in [-0.4, -0.2) is 31.3 Å². The lowest BCUT2D eigenvalue weighted by atomic mass is 10.1. The molecule has 0 bridgehead atoms. The van der Waals surface area contributed by atoms with Crippen molar-refractivity contribution in [1.29, 1.82) is 0 Å². The standard InChI is InChI=1S/C13H15NO5S/c1-9(2)14-20(18,19)11-5-3-10(4-6-11)12(15)7-8-13(16)17/h3-9,14H,1-2H3,(H,16,17)/b8-7+. The van der Waals surface area contributed by atoms with E-state index in [1.165, 1.54) is 24.3 Å². The minimum absolute atomic E-state index is 0.0463. The van der Waals surface area contributed by atoms with E-state index in [0.717, 1.165) is 12.2 Å². The molecule has 0 amide bonds. The number of nitrogens with one attached hydrogen (secondary N) is 1. The maximum Gasteiger partial charge on any atom is 0.328 e. The van der Waals surface area contributed by atoms with Crippen molar-refractivity contribution in [3.05, 3.63) is 42.0 Å². The molecule has 2 N–H and O–H groups in total. The first-order valence-electron chi connectivity index (χ1n) is 5.80. The van der Waals surface area contributed by atoms with Gasteiger partial charge < -0.3 is 5.11 Å². The molecule has 1 aromatic rings. The van der Waals surface area contributed by atoms with E-state index in [0.29, 0.717) is 0 Å². The SMILES string of the molecule is CC(C)NS(=O)(=O)c1ccc(C(=O)/C=C/C(=O)O)cc1. The highest BCUT2D eigenvalue weighted by Gasteiger charge is 2.15. The predicted molar refractivity (Wildman–Crippen MR) is 73.0 cm³/mol. The van der Waals surface area contributed by atoms with E-state index in [1.807, 2.05) is 0 Å². The predicted octanol–water partition coefficient (Wildman–Crippen LogP) is 1.20. The van der Waals surface area contributed by atoms with Crippen LogP contribution >= 0.6 is 0 Å². The summed E-state index contributed by atoms with van der Waals surface area (Å²) in [6.07, 6.45) is 1.64. The van der Waals surface area contributed by atoms with Gasteiger partial charge in [-0.1, -0.05) is 0 Å². The van der Waals surface area contributed by atoms with Crippen LogP contribution in [0, 0.1) is 0 Å². The molecule has 0 saturated carbocycles. The minimum atomic E-state index is -3.60. The van der Waals surface area contributed by atoms with Gasteiger partial charge in [-0.3, -0.25) is 4.79 Å². The molecule has 0 radical (unpaired) electrons. The Hall–Kier alpha value is -1.99. The van der Waals surface area contributed by atoms with E-state index in [2.05, 4.69) is 4.72 Å². The number of hydrogen-bond acceptors (Lipinski definition) is 4. The van der Waals surface area contributed by atoms with Crippen molar-refractivity contribution >= 4 is 21.8 Å². The van der Waals surface area contributed by atoms with E-state index in [4.69, 9.17) is 5.11 Å². The van der Waals surface area contributed by atoms with Gasteiger partial charge in [0.05, 0.1) is 4.90 Å². The lowest BCUT2D eigenvalue weighted by Crippen LogP contribution is -2.30. The van der Waals surface area contributed by atoms with Crippen molar-refractivity contribution in [2.75, 3.05) is 0 Å². The third-order valence-electron chi connectivity index (χ3n) is 2.22. The van der Waals surface area contributed by atoms with Gasteiger partial charge in [0.2, 0.25) is 10.0 Å². The Morgan fingerprint density at radius 1 is 1.15 bits per heavy atom. The second-order valence-electron chi connectivity index (χ2n) is 4.34. The summed E-state index contributed by atoms with van der Waals surface area (Å²) in [5.41, 5.74) is 0.214. The van der Waals surface area contributed by atoms with Gasteiger partial charge in [-0.25, -0.2) is 17.9 Å². The molecule has 0 aliphatic heterocycles. The highest BCUT2D eigenvalue weighted by atomic mass is 32.2. The quantitative estimate of drug-likeness (QED) is 0.607. The number of aliphatic carboxylic acids is 1. The number of carboxylic acid groups (broad SMARTS) is 1. The van der Waals surface area contributed by atoms with E-state index in [-0.39, 0.29) is 16.5 Å². The normalized spacial score (nSPS) is 11.9. The van der Waals surface area contributed by atoms with Gasteiger partial charge in [0.25, 0.3) is 0 Å². The van der Waals surface area contributed by atoms with E-state index in [9.17, 15) is 18.0 Å². The Labute approximate surface area is 117 Å². The molecule has 0 spiro atoms. The zero-order valence-electron chi connectivity index (χ0n) is 11.0. The number of rotatable bonds is 6. The van der Waals surface area contributed by atoms with Gasteiger partial charge in [-0.2, -0.15) is 0 Å². The van der Waals surface area contributed by atoms with Crippen molar-refractivity contribution in [3.63, 3.8) is 0 Å². The van der Waals surface area contributed by atoms with Crippen LogP contribution in [0.4, 0.5) is 0 Å². The Bertz CT molecular complexity index is 629. The number of sulfonamides is 1. The van der Waals surface area contributed by atoms with Crippen LogP contribution in [-0.2, 0) is 14.8 Å². The fourth-order valence-corrected chi connectivity index (χ4v) is 2.67. The first kappa shape index (κ1) is 16.1. The Balaban J connectivity index is 2.95. The number of allylic oxidation sites excluding steroid dienone is 1. The molecule has 0 aliphatic carbocycles. The zero-order valence-corrected chi connectivity index (χ0v) is 11.8. The average molecular weight is 297 g/mol. The summed E-state index contributed by atoms with van der Waals surface area (Å²) in [4.78, 5) is 21.9. The number of hydrogen-bond donors (Lipinski definition) is 2. The molecule has 1 aromatic carbocycles. The van der Waals surface area contributed by atoms with Crippen LogP contribution in [0.1, 0.15) is 24.2 Å². The van der Waals surface area contributed by atoms with Crippen LogP contribution in [0.2, 0.25) is 0 Å². The highest BCUT2D eigenvalue weighted by molar-refractivity contribution is 7.89. The number of benzene rings is 1. The van der Waals surface area contributed by atoms with Crippen LogP contribution in [0.15, 0.2) is 41.3 Å². The Kier molecular flexibility index (Phi) is 5.18. The number of carbonyl (C=O) groups excluding carboxylic acids is 1. The molecule has 0 unspecified atom stereocenters. The minimum Gasteiger partial charge on any atom is -0.478 e. The topological polar surface area (TPSA) is 101 Å².